The van der Waals surface area contributed by atoms with Gasteiger partial charge in [-0.3, -0.25) is 4.90 Å². The molecule has 2 aromatic rings. The van der Waals surface area contributed by atoms with E-state index in [1.165, 1.54) is 19.4 Å². The molecule has 0 spiro atoms. The Bertz CT molecular complexity index is 573. The summed E-state index contributed by atoms with van der Waals surface area (Å²) in [4.78, 5) is 11.7. The van der Waals surface area contributed by atoms with Crippen LogP contribution in [0.1, 0.15) is 38.6 Å². The topological polar surface area (TPSA) is 34.0 Å². The summed E-state index contributed by atoms with van der Waals surface area (Å²) in [5.41, 5.74) is 2.05. The van der Waals surface area contributed by atoms with E-state index < -0.39 is 0 Å². The smallest absolute Gasteiger partial charge is 0.160 e. The lowest BCUT2D eigenvalue weighted by atomic mass is 10.0. The molecule has 3 heterocycles. The van der Waals surface area contributed by atoms with Crippen molar-refractivity contribution >= 4 is 11.2 Å². The number of rotatable bonds is 2. The lowest BCUT2D eigenvalue weighted by Crippen LogP contribution is -2.40. The molecule has 0 amide bonds. The quantitative estimate of drug-likeness (QED) is 0.830. The van der Waals surface area contributed by atoms with Gasteiger partial charge in [0.1, 0.15) is 11.3 Å². The molecule has 3 rings (SSSR count). The zero-order valence-electron chi connectivity index (χ0n) is 12.0. The molecule has 1 unspecified atom stereocenters. The molecule has 1 atom stereocenters. The molecule has 19 heavy (non-hydrogen) atoms. The van der Waals surface area contributed by atoms with Gasteiger partial charge in [0.25, 0.3) is 0 Å². The standard InChI is InChI=1S/C15H22N4/c1-11(2)18-9-5-6-13(10-18)19-12(3)17-14-7-4-8-16-15(14)19/h4,7-8,11,13H,5-6,9-10H2,1-3H3. The first-order chi connectivity index (χ1) is 9.16. The zero-order valence-corrected chi connectivity index (χ0v) is 12.0. The molecule has 0 radical (unpaired) electrons. The van der Waals surface area contributed by atoms with Crippen molar-refractivity contribution in [1.82, 2.24) is 19.4 Å². The molecule has 4 nitrogen and oxygen atoms in total. The van der Waals surface area contributed by atoms with Crippen LogP contribution < -0.4 is 0 Å². The second-order valence-corrected chi connectivity index (χ2v) is 5.76. The molecule has 0 bridgehead atoms. The predicted octanol–water partition coefficient (Wildman–Crippen LogP) is 2.79. The Kier molecular flexibility index (Phi) is 3.27. The Balaban J connectivity index is 1.97. The summed E-state index contributed by atoms with van der Waals surface area (Å²) in [5, 5.41) is 0. The van der Waals surface area contributed by atoms with Gasteiger partial charge in [-0.1, -0.05) is 0 Å². The van der Waals surface area contributed by atoms with Crippen LogP contribution >= 0.6 is 0 Å². The van der Waals surface area contributed by atoms with Crippen LogP contribution in [-0.4, -0.2) is 38.6 Å². The Morgan fingerprint density at radius 1 is 1.37 bits per heavy atom. The Morgan fingerprint density at radius 2 is 2.21 bits per heavy atom. The van der Waals surface area contributed by atoms with Crippen LogP contribution in [0.15, 0.2) is 18.3 Å². The molecule has 2 aromatic heterocycles. The van der Waals surface area contributed by atoms with Gasteiger partial charge < -0.3 is 4.57 Å². The highest BCUT2D eigenvalue weighted by atomic mass is 15.2. The van der Waals surface area contributed by atoms with Gasteiger partial charge in [-0.25, -0.2) is 9.97 Å². The van der Waals surface area contributed by atoms with E-state index in [0.29, 0.717) is 12.1 Å². The summed E-state index contributed by atoms with van der Waals surface area (Å²) in [6.45, 7) is 8.98. The average molecular weight is 258 g/mol. The number of nitrogens with zero attached hydrogens (tertiary/aromatic N) is 4. The summed E-state index contributed by atoms with van der Waals surface area (Å²) < 4.78 is 2.34. The minimum Gasteiger partial charge on any atom is -0.309 e. The van der Waals surface area contributed by atoms with E-state index >= 15 is 0 Å². The molecule has 0 aromatic carbocycles. The van der Waals surface area contributed by atoms with E-state index in [9.17, 15) is 0 Å². The van der Waals surface area contributed by atoms with Gasteiger partial charge in [-0.05, 0) is 52.3 Å². The van der Waals surface area contributed by atoms with Gasteiger partial charge in [-0.2, -0.15) is 0 Å². The Hall–Kier alpha value is -1.42. The number of likely N-dealkylation sites (tertiary alicyclic amines) is 1. The van der Waals surface area contributed by atoms with Crippen molar-refractivity contribution in [1.29, 1.82) is 0 Å². The average Bonchev–Trinajstić information content (AvgIpc) is 2.74. The second kappa shape index (κ2) is 4.93. The maximum atomic E-state index is 4.64. The zero-order chi connectivity index (χ0) is 13.4. The molecule has 1 aliphatic rings. The van der Waals surface area contributed by atoms with Crippen LogP contribution in [0.5, 0.6) is 0 Å². The lowest BCUT2D eigenvalue weighted by Gasteiger charge is -2.36. The highest BCUT2D eigenvalue weighted by Gasteiger charge is 2.25. The van der Waals surface area contributed by atoms with E-state index in [1.807, 2.05) is 12.3 Å². The van der Waals surface area contributed by atoms with E-state index in [2.05, 4.69) is 46.3 Å². The van der Waals surface area contributed by atoms with Gasteiger partial charge >= 0.3 is 0 Å². The first-order valence-electron chi connectivity index (χ1n) is 7.20. The molecular weight excluding hydrogens is 236 g/mol. The monoisotopic (exact) mass is 258 g/mol. The molecule has 4 heteroatoms. The second-order valence-electron chi connectivity index (χ2n) is 5.76. The minimum atomic E-state index is 0.510. The fourth-order valence-electron chi connectivity index (χ4n) is 3.14. The molecule has 0 N–H and O–H groups in total. The number of aromatic nitrogens is 3. The molecule has 1 saturated heterocycles. The third kappa shape index (κ3) is 2.25. The normalized spacial score (nSPS) is 21.4. The summed E-state index contributed by atoms with van der Waals surface area (Å²) in [6, 6.07) is 5.14. The van der Waals surface area contributed by atoms with Gasteiger partial charge in [0, 0.05) is 24.8 Å². The van der Waals surface area contributed by atoms with Crippen LogP contribution in [0.25, 0.3) is 11.2 Å². The van der Waals surface area contributed by atoms with E-state index in [-0.39, 0.29) is 0 Å². The highest BCUT2D eigenvalue weighted by molar-refractivity contribution is 5.71. The van der Waals surface area contributed by atoms with Crippen molar-refractivity contribution in [3.05, 3.63) is 24.2 Å². The lowest BCUT2D eigenvalue weighted by molar-refractivity contribution is 0.143. The number of hydrogen-bond donors (Lipinski definition) is 0. The van der Waals surface area contributed by atoms with Crippen LogP contribution in [0, 0.1) is 6.92 Å². The van der Waals surface area contributed by atoms with Gasteiger partial charge in [0.05, 0.1) is 0 Å². The Labute approximate surface area is 114 Å². The fourth-order valence-corrected chi connectivity index (χ4v) is 3.14. The molecule has 0 aliphatic carbocycles. The molecule has 1 fully saturated rings. The highest BCUT2D eigenvalue weighted by Crippen LogP contribution is 2.27. The summed E-state index contributed by atoms with van der Waals surface area (Å²) in [7, 11) is 0. The van der Waals surface area contributed by atoms with Crippen LogP contribution in [0.3, 0.4) is 0 Å². The van der Waals surface area contributed by atoms with Gasteiger partial charge in [0.15, 0.2) is 5.65 Å². The number of pyridine rings is 1. The maximum absolute atomic E-state index is 4.64. The first-order valence-corrected chi connectivity index (χ1v) is 7.20. The van der Waals surface area contributed by atoms with Crippen molar-refractivity contribution in [2.75, 3.05) is 13.1 Å². The van der Waals surface area contributed by atoms with Crippen molar-refractivity contribution in [3.63, 3.8) is 0 Å². The molecule has 1 aliphatic heterocycles. The third-order valence-electron chi connectivity index (χ3n) is 4.15. The van der Waals surface area contributed by atoms with E-state index in [4.69, 9.17) is 0 Å². The van der Waals surface area contributed by atoms with Crippen molar-refractivity contribution in [2.45, 2.75) is 45.7 Å². The number of hydrogen-bond acceptors (Lipinski definition) is 3. The van der Waals surface area contributed by atoms with E-state index in [0.717, 1.165) is 23.5 Å². The minimum absolute atomic E-state index is 0.510. The SMILES string of the molecule is Cc1nc2cccnc2n1C1CCCN(C(C)C)C1. The van der Waals surface area contributed by atoms with E-state index in [1.54, 1.807) is 0 Å². The Morgan fingerprint density at radius 3 is 3.00 bits per heavy atom. The summed E-state index contributed by atoms with van der Waals surface area (Å²) >= 11 is 0. The largest absolute Gasteiger partial charge is 0.309 e. The molecular formula is C15H22N4. The maximum Gasteiger partial charge on any atom is 0.160 e. The number of piperidine rings is 1. The summed E-state index contributed by atoms with van der Waals surface area (Å²) in [6.07, 6.45) is 4.35. The number of fused-ring (bicyclic) bond motifs is 1. The third-order valence-corrected chi connectivity index (χ3v) is 4.15. The van der Waals surface area contributed by atoms with Crippen molar-refractivity contribution in [3.8, 4) is 0 Å². The predicted molar refractivity (Wildman–Crippen MR) is 77.2 cm³/mol. The number of aryl methyl sites for hydroxylation is 1. The van der Waals surface area contributed by atoms with Gasteiger partial charge in [0.2, 0.25) is 0 Å². The van der Waals surface area contributed by atoms with Crippen molar-refractivity contribution in [2.24, 2.45) is 0 Å². The van der Waals surface area contributed by atoms with Crippen LogP contribution in [0.4, 0.5) is 0 Å². The molecule has 102 valence electrons. The van der Waals surface area contributed by atoms with Crippen LogP contribution in [-0.2, 0) is 0 Å². The fraction of sp³-hybridized carbons (Fsp3) is 0.600. The van der Waals surface area contributed by atoms with Crippen LogP contribution in [0.2, 0.25) is 0 Å². The number of imidazole rings is 1. The molecule has 0 saturated carbocycles. The van der Waals surface area contributed by atoms with Crippen molar-refractivity contribution < 1.29 is 0 Å². The van der Waals surface area contributed by atoms with Gasteiger partial charge in [-0.15, -0.1) is 0 Å². The first kappa shape index (κ1) is 12.6. The summed E-state index contributed by atoms with van der Waals surface area (Å²) in [5.74, 6) is 1.09.